The second-order valence-corrected chi connectivity index (χ2v) is 4.88. The molecular weight excluding hydrogens is 264 g/mol. The van der Waals surface area contributed by atoms with Crippen LogP contribution in [0, 0.1) is 0 Å². The van der Waals surface area contributed by atoms with Crippen molar-refractivity contribution in [1.82, 2.24) is 9.55 Å². The van der Waals surface area contributed by atoms with Crippen molar-refractivity contribution in [3.63, 3.8) is 0 Å². The van der Waals surface area contributed by atoms with Crippen molar-refractivity contribution in [2.24, 2.45) is 0 Å². The van der Waals surface area contributed by atoms with Gasteiger partial charge >= 0.3 is 5.97 Å². The van der Waals surface area contributed by atoms with E-state index in [9.17, 15) is 4.79 Å². The molecule has 1 heterocycles. The van der Waals surface area contributed by atoms with Crippen LogP contribution in [0.25, 0.3) is 6.08 Å². The second kappa shape index (κ2) is 7.43. The van der Waals surface area contributed by atoms with E-state index in [-0.39, 0.29) is 5.97 Å². The van der Waals surface area contributed by atoms with Crippen molar-refractivity contribution in [2.45, 2.75) is 26.3 Å². The van der Waals surface area contributed by atoms with E-state index in [4.69, 9.17) is 0 Å². The van der Waals surface area contributed by atoms with Gasteiger partial charge < -0.3 is 9.30 Å². The van der Waals surface area contributed by atoms with Gasteiger partial charge in [-0.2, -0.15) is 0 Å². The van der Waals surface area contributed by atoms with E-state index >= 15 is 0 Å². The van der Waals surface area contributed by atoms with Crippen molar-refractivity contribution < 1.29 is 9.53 Å². The number of rotatable bonds is 6. The largest absolute Gasteiger partial charge is 0.466 e. The lowest BCUT2D eigenvalue weighted by Crippen LogP contribution is -1.93. The Bertz CT molecular complexity index is 612. The van der Waals surface area contributed by atoms with Gasteiger partial charge in [0.2, 0.25) is 0 Å². The molecule has 0 amide bonds. The summed E-state index contributed by atoms with van der Waals surface area (Å²) in [7, 11) is 1.37. The van der Waals surface area contributed by atoms with E-state index in [1.807, 2.05) is 18.5 Å². The fourth-order valence-electron chi connectivity index (χ4n) is 2.07. The Morgan fingerprint density at radius 3 is 2.76 bits per heavy atom. The van der Waals surface area contributed by atoms with Crippen molar-refractivity contribution in [3.05, 3.63) is 59.7 Å². The molecule has 0 fully saturated rings. The number of nitrogens with zero attached hydrogens (tertiary/aromatic N) is 2. The first-order chi connectivity index (χ1) is 10.2. The summed E-state index contributed by atoms with van der Waals surface area (Å²) < 4.78 is 6.67. The third kappa shape index (κ3) is 4.60. The summed E-state index contributed by atoms with van der Waals surface area (Å²) >= 11 is 0. The van der Waals surface area contributed by atoms with Crippen molar-refractivity contribution in [2.75, 3.05) is 7.11 Å². The van der Waals surface area contributed by atoms with E-state index < -0.39 is 0 Å². The number of carbonyl (C=O) groups excluding carboxylic acids is 1. The van der Waals surface area contributed by atoms with Crippen molar-refractivity contribution >= 4 is 12.0 Å². The van der Waals surface area contributed by atoms with Gasteiger partial charge in [0.1, 0.15) is 0 Å². The van der Waals surface area contributed by atoms with Crippen LogP contribution in [0.15, 0.2) is 42.9 Å². The molecule has 110 valence electrons. The average Bonchev–Trinajstić information content (AvgIpc) is 2.94. The Morgan fingerprint density at radius 2 is 2.10 bits per heavy atom. The highest BCUT2D eigenvalue weighted by molar-refractivity contribution is 5.86. The summed E-state index contributed by atoms with van der Waals surface area (Å²) in [5, 5.41) is 0. The van der Waals surface area contributed by atoms with Gasteiger partial charge in [0.25, 0.3) is 0 Å². The number of ether oxygens (including phenoxy) is 1. The van der Waals surface area contributed by atoms with Crippen LogP contribution in [0.3, 0.4) is 0 Å². The second-order valence-electron chi connectivity index (χ2n) is 4.88. The molecule has 0 atom stereocenters. The SMILES string of the molecule is CCCn1cnc(Cc2ccc(/C=C\C(=O)OC)cc2)c1. The van der Waals surface area contributed by atoms with E-state index in [1.165, 1.54) is 18.7 Å². The third-order valence-corrected chi connectivity index (χ3v) is 3.15. The van der Waals surface area contributed by atoms with Crippen LogP contribution >= 0.6 is 0 Å². The molecule has 0 bridgehead atoms. The Morgan fingerprint density at radius 1 is 1.33 bits per heavy atom. The van der Waals surface area contributed by atoms with Gasteiger partial charge in [0, 0.05) is 25.2 Å². The molecule has 1 aromatic heterocycles. The number of methoxy groups -OCH3 is 1. The Kier molecular flexibility index (Phi) is 5.32. The molecule has 0 aliphatic rings. The molecule has 1 aromatic carbocycles. The topological polar surface area (TPSA) is 44.1 Å². The fraction of sp³-hybridized carbons (Fsp3) is 0.294. The van der Waals surface area contributed by atoms with Crippen LogP contribution in [0.1, 0.15) is 30.2 Å². The number of imidazole rings is 1. The Labute approximate surface area is 125 Å². The van der Waals surface area contributed by atoms with Crippen LogP contribution in [0.4, 0.5) is 0 Å². The number of benzene rings is 1. The number of carbonyl (C=O) groups is 1. The highest BCUT2D eigenvalue weighted by Gasteiger charge is 2.01. The molecule has 0 saturated heterocycles. The summed E-state index contributed by atoms with van der Waals surface area (Å²) in [6.07, 6.45) is 9.06. The molecule has 0 aliphatic heterocycles. The molecule has 0 saturated carbocycles. The van der Waals surface area contributed by atoms with E-state index in [1.54, 1.807) is 6.08 Å². The lowest BCUT2D eigenvalue weighted by Gasteiger charge is -2.00. The number of aryl methyl sites for hydroxylation is 1. The van der Waals surface area contributed by atoms with Crippen molar-refractivity contribution in [3.8, 4) is 0 Å². The van der Waals surface area contributed by atoms with Gasteiger partial charge in [-0.1, -0.05) is 31.2 Å². The van der Waals surface area contributed by atoms with Gasteiger partial charge in [-0.15, -0.1) is 0 Å². The van der Waals surface area contributed by atoms with Crippen LogP contribution in [0.2, 0.25) is 0 Å². The highest BCUT2D eigenvalue weighted by atomic mass is 16.5. The maximum Gasteiger partial charge on any atom is 0.330 e. The van der Waals surface area contributed by atoms with Gasteiger partial charge in [-0.3, -0.25) is 0 Å². The summed E-state index contributed by atoms with van der Waals surface area (Å²) in [6.45, 7) is 3.16. The summed E-state index contributed by atoms with van der Waals surface area (Å²) in [6, 6.07) is 8.07. The Hall–Kier alpha value is -2.36. The molecule has 0 unspecified atom stereocenters. The van der Waals surface area contributed by atoms with Crippen LogP contribution in [0.5, 0.6) is 0 Å². The van der Waals surface area contributed by atoms with Crippen molar-refractivity contribution in [1.29, 1.82) is 0 Å². The highest BCUT2D eigenvalue weighted by Crippen LogP contribution is 2.11. The molecular formula is C17H20N2O2. The van der Waals surface area contributed by atoms with Gasteiger partial charge in [-0.05, 0) is 23.6 Å². The van der Waals surface area contributed by atoms with E-state index in [0.29, 0.717) is 0 Å². The van der Waals surface area contributed by atoms with Crippen LogP contribution in [-0.2, 0) is 22.5 Å². The van der Waals surface area contributed by atoms with Gasteiger partial charge in [0.15, 0.2) is 0 Å². The zero-order valence-corrected chi connectivity index (χ0v) is 12.5. The predicted molar refractivity (Wildman–Crippen MR) is 82.8 cm³/mol. The molecule has 0 aliphatic carbocycles. The lowest BCUT2D eigenvalue weighted by atomic mass is 10.1. The Balaban J connectivity index is 1.98. The fourth-order valence-corrected chi connectivity index (χ4v) is 2.07. The molecule has 4 heteroatoms. The molecule has 0 spiro atoms. The summed E-state index contributed by atoms with van der Waals surface area (Å²) in [5.41, 5.74) is 3.24. The third-order valence-electron chi connectivity index (χ3n) is 3.15. The maximum absolute atomic E-state index is 11.0. The molecule has 21 heavy (non-hydrogen) atoms. The number of hydrogen-bond acceptors (Lipinski definition) is 3. The van der Waals surface area contributed by atoms with Crippen LogP contribution in [-0.4, -0.2) is 22.6 Å². The molecule has 0 N–H and O–H groups in total. The summed E-state index contributed by atoms with van der Waals surface area (Å²) in [5.74, 6) is -0.347. The van der Waals surface area contributed by atoms with Crippen LogP contribution < -0.4 is 0 Å². The number of hydrogen-bond donors (Lipinski definition) is 0. The minimum Gasteiger partial charge on any atom is -0.466 e. The monoisotopic (exact) mass is 284 g/mol. The molecule has 2 aromatic rings. The minimum absolute atomic E-state index is 0.347. The maximum atomic E-state index is 11.0. The predicted octanol–water partition coefficient (Wildman–Crippen LogP) is 3.07. The number of aromatic nitrogens is 2. The first-order valence-corrected chi connectivity index (χ1v) is 7.07. The molecule has 2 rings (SSSR count). The standard InChI is InChI=1S/C17H20N2O2/c1-3-10-19-12-16(18-13-19)11-15-6-4-14(5-7-15)8-9-17(20)21-2/h4-9,12-13H,3,10-11H2,1-2H3/b9-8-. The zero-order chi connectivity index (χ0) is 15.1. The normalized spacial score (nSPS) is 11.0. The van der Waals surface area contributed by atoms with Gasteiger partial charge in [0.05, 0.1) is 19.1 Å². The van der Waals surface area contributed by atoms with E-state index in [0.717, 1.165) is 30.6 Å². The smallest absolute Gasteiger partial charge is 0.330 e. The minimum atomic E-state index is -0.347. The zero-order valence-electron chi connectivity index (χ0n) is 12.5. The summed E-state index contributed by atoms with van der Waals surface area (Å²) in [4.78, 5) is 15.4. The first-order valence-electron chi connectivity index (χ1n) is 7.07. The number of esters is 1. The van der Waals surface area contributed by atoms with E-state index in [2.05, 4.69) is 39.5 Å². The first kappa shape index (κ1) is 15.0. The molecule has 0 radical (unpaired) electrons. The quantitative estimate of drug-likeness (QED) is 0.605. The van der Waals surface area contributed by atoms with Gasteiger partial charge in [-0.25, -0.2) is 9.78 Å². The lowest BCUT2D eigenvalue weighted by molar-refractivity contribution is -0.134. The average molecular weight is 284 g/mol. The molecule has 4 nitrogen and oxygen atoms in total.